The highest BCUT2D eigenvalue weighted by molar-refractivity contribution is 14.1. The SMILES string of the molecule is CC(NCC1CCCN1C(=O)OC(C)(C)C)c1ccc(I)cc1. The first-order valence-electron chi connectivity index (χ1n) is 8.25. The molecule has 0 aliphatic carbocycles. The lowest BCUT2D eigenvalue weighted by atomic mass is 10.1. The number of amides is 1. The topological polar surface area (TPSA) is 41.6 Å². The van der Waals surface area contributed by atoms with E-state index < -0.39 is 5.60 Å². The van der Waals surface area contributed by atoms with Crippen molar-refractivity contribution in [3.8, 4) is 0 Å². The molecule has 1 aromatic carbocycles. The second kappa shape index (κ2) is 7.83. The van der Waals surface area contributed by atoms with Crippen LogP contribution in [0.5, 0.6) is 0 Å². The van der Waals surface area contributed by atoms with Gasteiger partial charge in [0.2, 0.25) is 0 Å². The lowest BCUT2D eigenvalue weighted by Crippen LogP contribution is -2.44. The van der Waals surface area contributed by atoms with Crippen molar-refractivity contribution in [1.82, 2.24) is 10.2 Å². The summed E-state index contributed by atoms with van der Waals surface area (Å²) in [5.41, 5.74) is 0.832. The third-order valence-electron chi connectivity index (χ3n) is 4.03. The predicted octanol–water partition coefficient (Wildman–Crippen LogP) is 4.34. The second-order valence-corrected chi connectivity index (χ2v) is 8.40. The smallest absolute Gasteiger partial charge is 0.410 e. The largest absolute Gasteiger partial charge is 0.444 e. The maximum atomic E-state index is 12.3. The molecular weight excluding hydrogens is 403 g/mol. The molecule has 2 rings (SSSR count). The molecule has 1 saturated heterocycles. The summed E-state index contributed by atoms with van der Waals surface area (Å²) >= 11 is 2.31. The first-order valence-corrected chi connectivity index (χ1v) is 9.32. The van der Waals surface area contributed by atoms with Gasteiger partial charge in [0, 0.05) is 28.7 Å². The highest BCUT2D eigenvalue weighted by Crippen LogP contribution is 2.21. The summed E-state index contributed by atoms with van der Waals surface area (Å²) in [6.45, 7) is 9.48. The molecule has 1 heterocycles. The second-order valence-electron chi connectivity index (χ2n) is 7.15. The minimum atomic E-state index is -0.438. The van der Waals surface area contributed by atoms with Crippen LogP contribution in [-0.4, -0.2) is 35.7 Å². The van der Waals surface area contributed by atoms with E-state index in [0.29, 0.717) is 0 Å². The summed E-state index contributed by atoms with van der Waals surface area (Å²) in [5, 5.41) is 3.56. The fourth-order valence-electron chi connectivity index (χ4n) is 2.79. The van der Waals surface area contributed by atoms with Gasteiger partial charge in [0.25, 0.3) is 0 Å². The number of hydrogen-bond donors (Lipinski definition) is 1. The van der Waals surface area contributed by atoms with Crippen LogP contribution in [0, 0.1) is 3.57 Å². The molecule has 23 heavy (non-hydrogen) atoms. The van der Waals surface area contributed by atoms with Gasteiger partial charge in [-0.05, 0) is 80.8 Å². The first kappa shape index (κ1) is 18.5. The Bertz CT molecular complexity index is 525. The fourth-order valence-corrected chi connectivity index (χ4v) is 3.15. The monoisotopic (exact) mass is 430 g/mol. The third kappa shape index (κ3) is 5.64. The summed E-state index contributed by atoms with van der Waals surface area (Å²) in [7, 11) is 0. The van der Waals surface area contributed by atoms with Gasteiger partial charge in [-0.15, -0.1) is 0 Å². The Morgan fingerprint density at radius 2 is 2.04 bits per heavy atom. The van der Waals surface area contributed by atoms with E-state index in [-0.39, 0.29) is 18.2 Å². The Balaban J connectivity index is 1.88. The van der Waals surface area contributed by atoms with Gasteiger partial charge in [0.1, 0.15) is 5.60 Å². The molecule has 0 bridgehead atoms. The summed E-state index contributed by atoms with van der Waals surface area (Å²) < 4.78 is 6.76. The van der Waals surface area contributed by atoms with Crippen LogP contribution >= 0.6 is 22.6 Å². The van der Waals surface area contributed by atoms with E-state index in [2.05, 4.69) is 59.1 Å². The Hall–Kier alpha value is -0.820. The minimum absolute atomic E-state index is 0.191. The number of ether oxygens (including phenoxy) is 1. The lowest BCUT2D eigenvalue weighted by molar-refractivity contribution is 0.0225. The maximum Gasteiger partial charge on any atom is 0.410 e. The Labute approximate surface area is 153 Å². The fraction of sp³-hybridized carbons (Fsp3) is 0.611. The van der Waals surface area contributed by atoms with Crippen LogP contribution in [0.4, 0.5) is 4.79 Å². The standard InChI is InChI=1S/C18H27IN2O2/c1-13(14-7-9-15(19)10-8-14)20-12-16-6-5-11-21(16)17(22)23-18(2,3)4/h7-10,13,16,20H,5-6,11-12H2,1-4H3. The number of nitrogens with one attached hydrogen (secondary N) is 1. The van der Waals surface area contributed by atoms with Crippen molar-refractivity contribution in [2.45, 2.75) is 58.2 Å². The van der Waals surface area contributed by atoms with Crippen LogP contribution in [0.3, 0.4) is 0 Å². The van der Waals surface area contributed by atoms with Crippen molar-refractivity contribution in [3.63, 3.8) is 0 Å². The van der Waals surface area contributed by atoms with Gasteiger partial charge in [-0.2, -0.15) is 0 Å². The van der Waals surface area contributed by atoms with E-state index in [1.807, 2.05) is 25.7 Å². The van der Waals surface area contributed by atoms with Crippen LogP contribution < -0.4 is 5.32 Å². The van der Waals surface area contributed by atoms with Gasteiger partial charge in [-0.3, -0.25) is 0 Å². The molecule has 5 heteroatoms. The molecule has 1 aliphatic rings. The number of nitrogens with zero attached hydrogens (tertiary/aromatic N) is 1. The minimum Gasteiger partial charge on any atom is -0.444 e. The van der Waals surface area contributed by atoms with Crippen LogP contribution in [-0.2, 0) is 4.74 Å². The van der Waals surface area contributed by atoms with E-state index in [1.165, 1.54) is 9.13 Å². The summed E-state index contributed by atoms with van der Waals surface area (Å²) in [4.78, 5) is 14.2. The third-order valence-corrected chi connectivity index (χ3v) is 4.75. The summed E-state index contributed by atoms with van der Waals surface area (Å²) in [6, 6.07) is 9.04. The van der Waals surface area contributed by atoms with E-state index in [0.717, 1.165) is 25.9 Å². The van der Waals surface area contributed by atoms with Crippen molar-refractivity contribution in [3.05, 3.63) is 33.4 Å². The van der Waals surface area contributed by atoms with E-state index in [4.69, 9.17) is 4.74 Å². The molecule has 128 valence electrons. The Kier molecular flexibility index (Phi) is 6.31. The Morgan fingerprint density at radius 1 is 1.39 bits per heavy atom. The molecule has 0 aromatic heterocycles. The molecular formula is C18H27IN2O2. The molecule has 0 spiro atoms. The number of rotatable bonds is 4. The van der Waals surface area contributed by atoms with Crippen molar-refractivity contribution >= 4 is 28.7 Å². The number of halogens is 1. The van der Waals surface area contributed by atoms with Gasteiger partial charge in [-0.1, -0.05) is 12.1 Å². The van der Waals surface area contributed by atoms with Gasteiger partial charge < -0.3 is 15.0 Å². The number of carbonyl (C=O) groups is 1. The number of benzene rings is 1. The summed E-state index contributed by atoms with van der Waals surface area (Å²) in [5.74, 6) is 0. The average molecular weight is 430 g/mol. The van der Waals surface area contributed by atoms with E-state index >= 15 is 0 Å². The van der Waals surface area contributed by atoms with Crippen molar-refractivity contribution in [2.24, 2.45) is 0 Å². The molecule has 1 aromatic rings. The highest BCUT2D eigenvalue weighted by Gasteiger charge is 2.32. The predicted molar refractivity (Wildman–Crippen MR) is 102 cm³/mol. The highest BCUT2D eigenvalue weighted by atomic mass is 127. The van der Waals surface area contributed by atoms with Crippen molar-refractivity contribution < 1.29 is 9.53 Å². The molecule has 1 amide bonds. The lowest BCUT2D eigenvalue weighted by Gasteiger charge is -2.29. The number of carbonyl (C=O) groups excluding carboxylic acids is 1. The molecule has 0 saturated carbocycles. The number of likely N-dealkylation sites (tertiary alicyclic amines) is 1. The number of hydrogen-bond acceptors (Lipinski definition) is 3. The molecule has 2 unspecified atom stereocenters. The molecule has 0 radical (unpaired) electrons. The van der Waals surface area contributed by atoms with Gasteiger partial charge in [0.15, 0.2) is 0 Å². The summed E-state index contributed by atoms with van der Waals surface area (Å²) in [6.07, 6.45) is 1.89. The van der Waals surface area contributed by atoms with Crippen molar-refractivity contribution in [2.75, 3.05) is 13.1 Å². The zero-order valence-electron chi connectivity index (χ0n) is 14.4. The van der Waals surface area contributed by atoms with Gasteiger partial charge >= 0.3 is 6.09 Å². The zero-order chi connectivity index (χ0) is 17.0. The van der Waals surface area contributed by atoms with Crippen LogP contribution in [0.15, 0.2) is 24.3 Å². The normalized spacial score (nSPS) is 19.7. The van der Waals surface area contributed by atoms with E-state index in [1.54, 1.807) is 0 Å². The molecule has 2 atom stereocenters. The molecule has 1 aliphatic heterocycles. The van der Waals surface area contributed by atoms with Crippen LogP contribution in [0.1, 0.15) is 52.1 Å². The quantitative estimate of drug-likeness (QED) is 0.723. The van der Waals surface area contributed by atoms with Crippen LogP contribution in [0.2, 0.25) is 0 Å². The average Bonchev–Trinajstić information content (AvgIpc) is 2.92. The zero-order valence-corrected chi connectivity index (χ0v) is 16.6. The first-order chi connectivity index (χ1) is 10.8. The molecule has 1 fully saturated rings. The van der Waals surface area contributed by atoms with Gasteiger partial charge in [0.05, 0.1) is 0 Å². The molecule has 1 N–H and O–H groups in total. The van der Waals surface area contributed by atoms with Gasteiger partial charge in [-0.25, -0.2) is 4.79 Å². The maximum absolute atomic E-state index is 12.3. The van der Waals surface area contributed by atoms with E-state index in [9.17, 15) is 4.79 Å². The molecule has 4 nitrogen and oxygen atoms in total. The Morgan fingerprint density at radius 3 is 2.65 bits per heavy atom. The van der Waals surface area contributed by atoms with Crippen molar-refractivity contribution in [1.29, 1.82) is 0 Å². The van der Waals surface area contributed by atoms with Crippen LogP contribution in [0.25, 0.3) is 0 Å².